The molecule has 0 radical (unpaired) electrons. The van der Waals surface area contributed by atoms with Crippen molar-refractivity contribution in [3.63, 3.8) is 0 Å². The summed E-state index contributed by atoms with van der Waals surface area (Å²) in [6, 6.07) is 3.95. The van der Waals surface area contributed by atoms with Crippen molar-refractivity contribution in [2.75, 3.05) is 37.9 Å². The van der Waals surface area contributed by atoms with Crippen LogP contribution in [-0.2, 0) is 9.47 Å². The summed E-state index contributed by atoms with van der Waals surface area (Å²) in [5, 5.41) is 23.7. The van der Waals surface area contributed by atoms with Crippen LogP contribution in [0.3, 0.4) is 0 Å². The van der Waals surface area contributed by atoms with Crippen LogP contribution in [0.1, 0.15) is 0 Å². The van der Waals surface area contributed by atoms with E-state index in [0.717, 1.165) is 0 Å². The second kappa shape index (κ2) is 8.93. The highest BCUT2D eigenvalue weighted by Crippen LogP contribution is 2.18. The number of nitrogens with zero attached hydrogens (tertiary/aromatic N) is 4. The normalized spacial score (nSPS) is 12.8. The monoisotopic (exact) mass is 310 g/mol. The summed E-state index contributed by atoms with van der Waals surface area (Å²) in [7, 11) is 2.88. The molecule has 1 aromatic rings. The average Bonchev–Trinajstić information content (AvgIpc) is 2.51. The van der Waals surface area contributed by atoms with Crippen LogP contribution in [0.15, 0.2) is 6.20 Å². The van der Waals surface area contributed by atoms with Crippen LogP contribution in [0.5, 0.6) is 0 Å². The summed E-state index contributed by atoms with van der Waals surface area (Å²) in [5.74, 6) is 0.775. The fourth-order valence-electron chi connectivity index (χ4n) is 1.36. The van der Waals surface area contributed by atoms with Gasteiger partial charge in [-0.3, -0.25) is 0 Å². The molecule has 1 heterocycles. The van der Waals surface area contributed by atoms with Gasteiger partial charge in [0.2, 0.25) is 0 Å². The van der Waals surface area contributed by atoms with E-state index in [1.165, 1.54) is 20.4 Å². The first-order valence-corrected chi connectivity index (χ1v) is 6.37. The Hall–Kier alpha value is -2.13. The average molecular weight is 311 g/mol. The summed E-state index contributed by atoms with van der Waals surface area (Å²) in [5.41, 5.74) is 0. The van der Waals surface area contributed by atoms with Gasteiger partial charge < -0.3 is 20.1 Å². The summed E-state index contributed by atoms with van der Waals surface area (Å²) < 4.78 is 9.87. The Bertz CT molecular complexity index is 542. The Morgan fingerprint density at radius 3 is 2.14 bits per heavy atom. The van der Waals surface area contributed by atoms with Crippen molar-refractivity contribution in [3.05, 3.63) is 11.3 Å². The fraction of sp³-hybridized carbons (Fsp3) is 0.500. The van der Waals surface area contributed by atoms with E-state index in [0.29, 0.717) is 11.6 Å². The van der Waals surface area contributed by atoms with Crippen molar-refractivity contribution in [2.45, 2.75) is 12.2 Å². The molecule has 0 saturated heterocycles. The second-order valence-corrected chi connectivity index (χ2v) is 4.25. The molecule has 2 N–H and O–H groups in total. The van der Waals surface area contributed by atoms with Gasteiger partial charge in [0, 0.05) is 14.2 Å². The number of hydrogen-bond donors (Lipinski definition) is 2. The van der Waals surface area contributed by atoms with Gasteiger partial charge in [-0.1, -0.05) is 11.6 Å². The molecular formula is C12H15ClN6O2. The number of halogens is 1. The Kier molecular flexibility index (Phi) is 7.19. The smallest absolute Gasteiger partial charge is 0.170 e. The number of nitriles is 2. The van der Waals surface area contributed by atoms with Crippen LogP contribution in [0.2, 0.25) is 5.15 Å². The van der Waals surface area contributed by atoms with Gasteiger partial charge in [-0.05, 0) is 0 Å². The zero-order chi connectivity index (χ0) is 15.7. The van der Waals surface area contributed by atoms with Gasteiger partial charge in [0.05, 0.1) is 31.4 Å². The van der Waals surface area contributed by atoms with E-state index in [1.807, 2.05) is 12.1 Å². The third kappa shape index (κ3) is 5.40. The lowest BCUT2D eigenvalue weighted by molar-refractivity contribution is 0.156. The number of aromatic nitrogens is 2. The van der Waals surface area contributed by atoms with Gasteiger partial charge in [0.25, 0.3) is 0 Å². The molecule has 2 unspecified atom stereocenters. The molecule has 0 bridgehead atoms. The molecule has 0 aliphatic heterocycles. The van der Waals surface area contributed by atoms with Crippen LogP contribution in [0.25, 0.3) is 0 Å². The van der Waals surface area contributed by atoms with Crippen LogP contribution < -0.4 is 10.6 Å². The maximum Gasteiger partial charge on any atom is 0.170 e. The van der Waals surface area contributed by atoms with Crippen molar-refractivity contribution in [1.82, 2.24) is 9.97 Å². The molecule has 0 fully saturated rings. The lowest BCUT2D eigenvalue weighted by atomic mass is 10.3. The topological polar surface area (TPSA) is 116 Å². The van der Waals surface area contributed by atoms with Gasteiger partial charge in [0.15, 0.2) is 23.8 Å². The van der Waals surface area contributed by atoms with E-state index < -0.39 is 12.2 Å². The van der Waals surface area contributed by atoms with Crippen molar-refractivity contribution in [2.24, 2.45) is 0 Å². The highest BCUT2D eigenvalue weighted by molar-refractivity contribution is 6.29. The summed E-state index contributed by atoms with van der Waals surface area (Å²) in [4.78, 5) is 8.18. The Morgan fingerprint density at radius 1 is 1.14 bits per heavy atom. The van der Waals surface area contributed by atoms with E-state index in [1.54, 1.807) is 0 Å². The molecule has 0 aliphatic rings. The van der Waals surface area contributed by atoms with E-state index in [-0.39, 0.29) is 18.2 Å². The molecule has 112 valence electrons. The molecule has 2 atom stereocenters. The van der Waals surface area contributed by atoms with Gasteiger partial charge in [-0.15, -0.1) is 0 Å². The SMILES string of the molecule is COC(C#N)CNc1ncc(Cl)nc1NCC(C#N)OC. The molecule has 0 aliphatic carbocycles. The van der Waals surface area contributed by atoms with Crippen molar-refractivity contribution < 1.29 is 9.47 Å². The predicted molar refractivity (Wildman–Crippen MR) is 76.8 cm³/mol. The van der Waals surface area contributed by atoms with Gasteiger partial charge in [-0.25, -0.2) is 9.97 Å². The summed E-state index contributed by atoms with van der Waals surface area (Å²) in [6.45, 7) is 0.465. The first-order valence-electron chi connectivity index (χ1n) is 5.99. The van der Waals surface area contributed by atoms with Crippen molar-refractivity contribution in [3.8, 4) is 12.1 Å². The molecule has 0 saturated carbocycles. The molecule has 8 nitrogen and oxygen atoms in total. The van der Waals surface area contributed by atoms with Crippen LogP contribution in [0, 0.1) is 22.7 Å². The van der Waals surface area contributed by atoms with E-state index >= 15 is 0 Å². The lowest BCUT2D eigenvalue weighted by Crippen LogP contribution is -2.23. The van der Waals surface area contributed by atoms with Gasteiger partial charge >= 0.3 is 0 Å². The third-order valence-electron chi connectivity index (χ3n) is 2.51. The summed E-state index contributed by atoms with van der Waals surface area (Å²) >= 11 is 5.80. The fourth-order valence-corrected chi connectivity index (χ4v) is 1.50. The Balaban J connectivity index is 2.76. The molecule has 0 aromatic carbocycles. The molecule has 9 heteroatoms. The van der Waals surface area contributed by atoms with Crippen LogP contribution in [0.4, 0.5) is 11.6 Å². The zero-order valence-corrected chi connectivity index (χ0v) is 12.4. The number of methoxy groups -OCH3 is 2. The minimum Gasteiger partial charge on any atom is -0.365 e. The standard InChI is InChI=1S/C12H15ClN6O2/c1-20-8(3-14)5-16-11-12(19-10(13)7-18-11)17-6-9(4-15)21-2/h7-9H,5-6H2,1-2H3,(H,16,18)(H,17,19). The first-order chi connectivity index (χ1) is 10.1. The number of anilines is 2. The molecular weight excluding hydrogens is 296 g/mol. The van der Waals surface area contributed by atoms with Crippen LogP contribution in [-0.4, -0.2) is 49.5 Å². The molecule has 1 aromatic heterocycles. The Morgan fingerprint density at radius 2 is 1.67 bits per heavy atom. The maximum atomic E-state index is 8.82. The Labute approximate surface area is 127 Å². The molecule has 0 spiro atoms. The second-order valence-electron chi connectivity index (χ2n) is 3.86. The third-order valence-corrected chi connectivity index (χ3v) is 2.69. The summed E-state index contributed by atoms with van der Waals surface area (Å²) in [6.07, 6.45) is 0.145. The maximum absolute atomic E-state index is 8.82. The number of nitrogens with one attached hydrogen (secondary N) is 2. The van der Waals surface area contributed by atoms with Crippen molar-refractivity contribution >= 4 is 23.2 Å². The van der Waals surface area contributed by atoms with Gasteiger partial charge in [-0.2, -0.15) is 10.5 Å². The first kappa shape index (κ1) is 16.9. The molecule has 21 heavy (non-hydrogen) atoms. The molecule has 0 amide bonds. The van der Waals surface area contributed by atoms with E-state index in [4.69, 9.17) is 31.6 Å². The number of ether oxygens (including phenoxy) is 2. The number of hydrogen-bond acceptors (Lipinski definition) is 8. The predicted octanol–water partition coefficient (Wildman–Crippen LogP) is 1.03. The minimum absolute atomic E-state index is 0.206. The van der Waals surface area contributed by atoms with Crippen molar-refractivity contribution in [1.29, 1.82) is 10.5 Å². The minimum atomic E-state index is -0.621. The largest absolute Gasteiger partial charge is 0.365 e. The molecule has 1 rings (SSSR count). The van der Waals surface area contributed by atoms with E-state index in [9.17, 15) is 0 Å². The lowest BCUT2D eigenvalue weighted by Gasteiger charge is -2.14. The quantitative estimate of drug-likeness (QED) is 0.731. The zero-order valence-electron chi connectivity index (χ0n) is 11.6. The van der Waals surface area contributed by atoms with Gasteiger partial charge in [0.1, 0.15) is 5.15 Å². The van der Waals surface area contributed by atoms with E-state index in [2.05, 4.69) is 20.6 Å². The number of rotatable bonds is 8. The highest BCUT2D eigenvalue weighted by atomic mass is 35.5. The van der Waals surface area contributed by atoms with Crippen LogP contribution >= 0.6 is 11.6 Å². The highest BCUT2D eigenvalue weighted by Gasteiger charge is 2.12.